The minimum absolute atomic E-state index is 0. The van der Waals surface area contributed by atoms with Gasteiger partial charge in [-0.3, -0.25) is 4.99 Å². The Kier molecular flexibility index (Phi) is 11.1. The highest BCUT2D eigenvalue weighted by molar-refractivity contribution is 14.0. The van der Waals surface area contributed by atoms with Crippen LogP contribution < -0.4 is 15.4 Å². The number of halogens is 1. The predicted molar refractivity (Wildman–Crippen MR) is 105 cm³/mol. The van der Waals surface area contributed by atoms with E-state index in [1.54, 1.807) is 7.05 Å². The van der Waals surface area contributed by atoms with E-state index in [4.69, 9.17) is 4.74 Å². The van der Waals surface area contributed by atoms with Gasteiger partial charge in [-0.1, -0.05) is 32.9 Å². The molecular formula is C17H30IN3O. The maximum atomic E-state index is 5.68. The van der Waals surface area contributed by atoms with E-state index in [2.05, 4.69) is 55.5 Å². The van der Waals surface area contributed by atoms with Crippen LogP contribution >= 0.6 is 24.0 Å². The van der Waals surface area contributed by atoms with Crippen molar-refractivity contribution in [3.05, 3.63) is 29.8 Å². The summed E-state index contributed by atoms with van der Waals surface area (Å²) in [5, 5.41) is 6.66. The number of nitrogens with zero attached hydrogens (tertiary/aromatic N) is 1. The number of aliphatic imine (C=N–C) groups is 1. The van der Waals surface area contributed by atoms with Crippen molar-refractivity contribution in [2.45, 2.75) is 46.7 Å². The Morgan fingerprint density at radius 1 is 1.18 bits per heavy atom. The van der Waals surface area contributed by atoms with Gasteiger partial charge in [0.25, 0.3) is 0 Å². The van der Waals surface area contributed by atoms with Crippen LogP contribution in [0.25, 0.3) is 0 Å². The number of ether oxygens (including phenoxy) is 1. The summed E-state index contributed by atoms with van der Waals surface area (Å²) in [4.78, 5) is 4.23. The molecule has 126 valence electrons. The number of rotatable bonds is 7. The summed E-state index contributed by atoms with van der Waals surface area (Å²) in [7, 11) is 1.79. The molecule has 0 heterocycles. The number of benzene rings is 1. The molecule has 0 amide bonds. The third-order valence-electron chi connectivity index (χ3n) is 3.19. The van der Waals surface area contributed by atoms with Crippen LogP contribution in [0.5, 0.6) is 5.75 Å². The fourth-order valence-corrected chi connectivity index (χ4v) is 1.68. The van der Waals surface area contributed by atoms with E-state index in [9.17, 15) is 0 Å². The Hall–Kier alpha value is -0.980. The minimum atomic E-state index is 0. The van der Waals surface area contributed by atoms with Crippen molar-refractivity contribution in [1.29, 1.82) is 0 Å². The maximum Gasteiger partial charge on any atom is 0.191 e. The van der Waals surface area contributed by atoms with Gasteiger partial charge in [-0.15, -0.1) is 24.0 Å². The second-order valence-corrected chi connectivity index (χ2v) is 5.73. The maximum absolute atomic E-state index is 5.68. The molecule has 0 aliphatic carbocycles. The summed E-state index contributed by atoms with van der Waals surface area (Å²) in [5.41, 5.74) is 1.21. The van der Waals surface area contributed by atoms with Crippen LogP contribution in [0.3, 0.4) is 0 Å². The van der Waals surface area contributed by atoms with E-state index in [0.29, 0.717) is 12.0 Å². The van der Waals surface area contributed by atoms with E-state index in [1.807, 2.05) is 12.1 Å². The first-order valence-electron chi connectivity index (χ1n) is 7.74. The fourth-order valence-electron chi connectivity index (χ4n) is 1.68. The smallest absolute Gasteiger partial charge is 0.191 e. The predicted octanol–water partition coefficient (Wildman–Crippen LogP) is 3.80. The molecule has 22 heavy (non-hydrogen) atoms. The third kappa shape index (κ3) is 8.46. The Bertz CT molecular complexity index is 432. The summed E-state index contributed by atoms with van der Waals surface area (Å²) in [6.07, 6.45) is 1.07. The second-order valence-electron chi connectivity index (χ2n) is 5.73. The molecule has 1 aromatic rings. The molecule has 0 saturated heterocycles. The molecule has 0 aromatic heterocycles. The van der Waals surface area contributed by atoms with Crippen LogP contribution in [0, 0.1) is 5.92 Å². The van der Waals surface area contributed by atoms with E-state index < -0.39 is 0 Å². The van der Waals surface area contributed by atoms with Crippen LogP contribution in [0.4, 0.5) is 0 Å². The summed E-state index contributed by atoms with van der Waals surface area (Å²) >= 11 is 0. The molecule has 1 aromatic carbocycles. The average molecular weight is 419 g/mol. The van der Waals surface area contributed by atoms with Crippen molar-refractivity contribution in [3.63, 3.8) is 0 Å². The van der Waals surface area contributed by atoms with Crippen molar-refractivity contribution in [1.82, 2.24) is 10.6 Å². The lowest BCUT2D eigenvalue weighted by atomic mass is 10.2. The van der Waals surface area contributed by atoms with Gasteiger partial charge < -0.3 is 15.4 Å². The van der Waals surface area contributed by atoms with Crippen LogP contribution in [-0.4, -0.2) is 25.7 Å². The lowest BCUT2D eigenvalue weighted by molar-refractivity contribution is 0.271. The van der Waals surface area contributed by atoms with Gasteiger partial charge in [0, 0.05) is 19.6 Å². The molecule has 4 nitrogen and oxygen atoms in total. The zero-order valence-electron chi connectivity index (χ0n) is 14.3. The van der Waals surface area contributed by atoms with Crippen LogP contribution in [-0.2, 0) is 6.54 Å². The van der Waals surface area contributed by atoms with Gasteiger partial charge >= 0.3 is 0 Å². The Morgan fingerprint density at radius 2 is 1.82 bits per heavy atom. The Balaban J connectivity index is 0.00000441. The molecule has 5 heteroatoms. The summed E-state index contributed by atoms with van der Waals surface area (Å²) in [6.45, 7) is 10.1. The molecule has 0 fully saturated rings. The summed E-state index contributed by atoms with van der Waals surface area (Å²) in [5.74, 6) is 2.31. The van der Waals surface area contributed by atoms with Gasteiger partial charge in [0.1, 0.15) is 5.75 Å². The SMILES string of the molecule is CCC(C)NC(=NC)NCc1ccc(OCC(C)C)cc1.I. The highest BCUT2D eigenvalue weighted by Gasteiger charge is 2.03. The van der Waals surface area contributed by atoms with Crippen LogP contribution in [0.15, 0.2) is 29.3 Å². The molecule has 1 rings (SSSR count). The van der Waals surface area contributed by atoms with E-state index in [1.165, 1.54) is 5.56 Å². The van der Waals surface area contributed by atoms with Crippen molar-refractivity contribution < 1.29 is 4.74 Å². The van der Waals surface area contributed by atoms with Crippen LogP contribution in [0.2, 0.25) is 0 Å². The quantitative estimate of drug-likeness (QED) is 0.402. The van der Waals surface area contributed by atoms with Crippen molar-refractivity contribution >= 4 is 29.9 Å². The van der Waals surface area contributed by atoms with Crippen molar-refractivity contribution in [2.75, 3.05) is 13.7 Å². The molecule has 0 aliphatic rings. The van der Waals surface area contributed by atoms with Gasteiger partial charge in [0.15, 0.2) is 5.96 Å². The standard InChI is InChI=1S/C17H29N3O.HI/c1-6-14(4)20-17(18-5)19-11-15-7-9-16(10-8-15)21-12-13(2)3;/h7-10,13-14H,6,11-12H2,1-5H3,(H2,18,19,20);1H. The normalized spacial score (nSPS) is 12.5. The third-order valence-corrected chi connectivity index (χ3v) is 3.19. The molecule has 2 N–H and O–H groups in total. The Morgan fingerprint density at radius 3 is 2.32 bits per heavy atom. The molecule has 0 bridgehead atoms. The first-order chi connectivity index (χ1) is 10.0. The zero-order chi connectivity index (χ0) is 15.7. The first-order valence-corrected chi connectivity index (χ1v) is 7.74. The lowest BCUT2D eigenvalue weighted by Crippen LogP contribution is -2.41. The number of nitrogens with one attached hydrogen (secondary N) is 2. The zero-order valence-corrected chi connectivity index (χ0v) is 16.7. The topological polar surface area (TPSA) is 45.7 Å². The molecular weight excluding hydrogens is 389 g/mol. The van der Waals surface area contributed by atoms with Gasteiger partial charge in [-0.05, 0) is 37.0 Å². The molecule has 1 atom stereocenters. The fraction of sp³-hybridized carbons (Fsp3) is 0.588. The van der Waals surface area contributed by atoms with Crippen molar-refractivity contribution in [3.8, 4) is 5.75 Å². The number of hydrogen-bond donors (Lipinski definition) is 2. The minimum Gasteiger partial charge on any atom is -0.493 e. The molecule has 0 saturated carbocycles. The van der Waals surface area contributed by atoms with Gasteiger partial charge in [-0.25, -0.2) is 0 Å². The summed E-state index contributed by atoms with van der Waals surface area (Å²) in [6, 6.07) is 8.62. The largest absolute Gasteiger partial charge is 0.493 e. The first kappa shape index (κ1) is 21.0. The molecule has 0 radical (unpaired) electrons. The van der Waals surface area contributed by atoms with Gasteiger partial charge in [0.05, 0.1) is 6.61 Å². The number of guanidine groups is 1. The van der Waals surface area contributed by atoms with E-state index >= 15 is 0 Å². The van der Waals surface area contributed by atoms with E-state index in [-0.39, 0.29) is 24.0 Å². The van der Waals surface area contributed by atoms with Crippen LogP contribution in [0.1, 0.15) is 39.7 Å². The average Bonchev–Trinajstić information content (AvgIpc) is 2.50. The van der Waals surface area contributed by atoms with E-state index in [0.717, 1.165) is 31.3 Å². The molecule has 1 unspecified atom stereocenters. The second kappa shape index (κ2) is 11.6. The lowest BCUT2D eigenvalue weighted by Gasteiger charge is -2.16. The molecule has 0 aliphatic heterocycles. The highest BCUT2D eigenvalue weighted by atomic mass is 127. The van der Waals surface area contributed by atoms with Gasteiger partial charge in [0.2, 0.25) is 0 Å². The monoisotopic (exact) mass is 419 g/mol. The van der Waals surface area contributed by atoms with Gasteiger partial charge in [-0.2, -0.15) is 0 Å². The van der Waals surface area contributed by atoms with Crippen molar-refractivity contribution in [2.24, 2.45) is 10.9 Å². The number of hydrogen-bond acceptors (Lipinski definition) is 2. The molecule has 0 spiro atoms. The Labute approximate surface area is 152 Å². The highest BCUT2D eigenvalue weighted by Crippen LogP contribution is 2.13. The summed E-state index contributed by atoms with van der Waals surface area (Å²) < 4.78 is 5.68.